The van der Waals surface area contributed by atoms with Crippen molar-refractivity contribution in [2.24, 2.45) is 0 Å². The van der Waals surface area contributed by atoms with Crippen LogP contribution < -0.4 is 11.1 Å². The molecule has 3 rings (SSSR count). The summed E-state index contributed by atoms with van der Waals surface area (Å²) in [7, 11) is -1.00. The zero-order valence-corrected chi connectivity index (χ0v) is 18.2. The smallest absolute Gasteiger partial charge is 0.238 e. The van der Waals surface area contributed by atoms with Crippen molar-refractivity contribution in [3.8, 4) is 0 Å². The molecule has 4 nitrogen and oxygen atoms in total. The number of nitrogen functional groups attached to an aromatic ring is 1. The van der Waals surface area contributed by atoms with E-state index in [9.17, 15) is 4.79 Å². The van der Waals surface area contributed by atoms with Crippen LogP contribution in [0, 0.1) is 0 Å². The molecular weight excluding hydrogens is 411 g/mol. The second-order valence-corrected chi connectivity index (χ2v) is 9.38. The van der Waals surface area contributed by atoms with Crippen molar-refractivity contribution in [1.29, 1.82) is 0 Å². The molecule has 0 aliphatic heterocycles. The summed E-state index contributed by atoms with van der Waals surface area (Å²) in [6.45, 7) is 4.48. The largest absolute Gasteiger partial charge is 0.398 e. The first-order chi connectivity index (χ1) is 13.5. The van der Waals surface area contributed by atoms with Crippen LogP contribution in [0.25, 0.3) is 16.2 Å². The summed E-state index contributed by atoms with van der Waals surface area (Å²) >= 11 is 7.80. The Morgan fingerprint density at radius 2 is 2.14 bits per heavy atom. The van der Waals surface area contributed by atoms with Gasteiger partial charge < -0.3 is 15.6 Å². The Hall–Kier alpha value is -1.91. The van der Waals surface area contributed by atoms with Crippen LogP contribution >= 0.6 is 31.1 Å². The molecule has 3 aromatic rings. The Bertz CT molecular complexity index is 1000. The van der Waals surface area contributed by atoms with E-state index in [1.54, 1.807) is 23.6 Å². The molecule has 2 unspecified atom stereocenters. The Labute approximate surface area is 175 Å². The monoisotopic (exact) mass is 432 g/mol. The number of para-hydroxylation sites is 1. The lowest BCUT2D eigenvalue weighted by molar-refractivity contribution is -0.119. The fraction of sp³-hybridized carbons (Fsp3) is 0.190. The molecule has 1 amide bonds. The number of hydrogen-bond donors (Lipinski definition) is 2. The normalized spacial score (nSPS) is 13.7. The second kappa shape index (κ2) is 9.53. The van der Waals surface area contributed by atoms with Crippen molar-refractivity contribution in [2.75, 3.05) is 19.0 Å². The van der Waals surface area contributed by atoms with Gasteiger partial charge >= 0.3 is 0 Å². The van der Waals surface area contributed by atoms with Gasteiger partial charge in [0.15, 0.2) is 0 Å². The Morgan fingerprint density at radius 1 is 1.36 bits per heavy atom. The van der Waals surface area contributed by atoms with Gasteiger partial charge in [0.1, 0.15) is 5.66 Å². The van der Waals surface area contributed by atoms with Crippen molar-refractivity contribution in [3.05, 3.63) is 70.2 Å². The summed E-state index contributed by atoms with van der Waals surface area (Å²) in [5.74, 6) is -0.104. The van der Waals surface area contributed by atoms with Gasteiger partial charge in [-0.3, -0.25) is 4.79 Å². The number of halogens is 1. The molecule has 0 bridgehead atoms. The molecule has 0 saturated carbocycles. The van der Waals surface area contributed by atoms with Crippen molar-refractivity contribution >= 4 is 58.8 Å². The molecule has 1 aromatic heterocycles. The Morgan fingerprint density at radius 3 is 2.89 bits per heavy atom. The maximum absolute atomic E-state index is 13.1. The molecule has 0 fully saturated rings. The van der Waals surface area contributed by atoms with E-state index in [4.69, 9.17) is 21.9 Å². The maximum Gasteiger partial charge on any atom is 0.238 e. The van der Waals surface area contributed by atoms with E-state index in [0.717, 1.165) is 21.2 Å². The highest BCUT2D eigenvalue weighted by atomic mass is 35.5. The van der Waals surface area contributed by atoms with E-state index in [0.29, 0.717) is 17.3 Å². The topological polar surface area (TPSA) is 64.3 Å². The van der Waals surface area contributed by atoms with E-state index in [1.165, 1.54) is 0 Å². The second-order valence-electron chi connectivity index (χ2n) is 6.17. The van der Waals surface area contributed by atoms with E-state index in [1.807, 2.05) is 61.4 Å². The first kappa shape index (κ1) is 20.8. The Balaban J connectivity index is 1.88. The molecule has 0 aliphatic rings. The number of fused-ring (bicyclic) bond motifs is 1. The number of carbonyl (C=O) groups excluding carboxylic acids is 1. The maximum atomic E-state index is 13.1. The minimum absolute atomic E-state index is 0.104. The highest BCUT2D eigenvalue weighted by Gasteiger charge is 2.29. The summed E-state index contributed by atoms with van der Waals surface area (Å²) in [5, 5.41) is 6.59. The minimum Gasteiger partial charge on any atom is -0.398 e. The van der Waals surface area contributed by atoms with Gasteiger partial charge in [-0.05, 0) is 65.8 Å². The van der Waals surface area contributed by atoms with Crippen molar-refractivity contribution in [2.45, 2.75) is 12.6 Å². The van der Waals surface area contributed by atoms with E-state index < -0.39 is 8.15 Å². The third kappa shape index (κ3) is 4.73. The van der Waals surface area contributed by atoms with Crippen LogP contribution in [0.5, 0.6) is 0 Å². The molecule has 2 aromatic carbocycles. The number of carbonyl (C=O) groups is 1. The summed E-state index contributed by atoms with van der Waals surface area (Å²) in [5.41, 5.74) is 8.03. The molecular formula is C21H22ClN2O2PS. The SMILES string of the molecule is CCOP(C)C(C(=O)N/C=C/c1ccccc1N)c1csc2ccc(Cl)cc12. The summed E-state index contributed by atoms with van der Waals surface area (Å²) in [4.78, 5) is 13.1. The van der Waals surface area contributed by atoms with E-state index in [-0.39, 0.29) is 11.6 Å². The van der Waals surface area contributed by atoms with Gasteiger partial charge in [0, 0.05) is 36.4 Å². The van der Waals surface area contributed by atoms with Crippen LogP contribution in [0.4, 0.5) is 5.69 Å². The molecule has 7 heteroatoms. The lowest BCUT2D eigenvalue weighted by Crippen LogP contribution is -2.24. The van der Waals surface area contributed by atoms with Crippen LogP contribution in [0.3, 0.4) is 0 Å². The lowest BCUT2D eigenvalue weighted by Gasteiger charge is -2.22. The van der Waals surface area contributed by atoms with Crippen molar-refractivity contribution in [1.82, 2.24) is 5.32 Å². The first-order valence-corrected chi connectivity index (χ1v) is 11.9. The third-order valence-corrected chi connectivity index (χ3v) is 7.41. The molecule has 3 N–H and O–H groups in total. The number of anilines is 1. The molecule has 28 heavy (non-hydrogen) atoms. The average Bonchev–Trinajstić information content (AvgIpc) is 3.06. The summed E-state index contributed by atoms with van der Waals surface area (Å²) in [6, 6.07) is 13.3. The number of benzene rings is 2. The number of thiophene rings is 1. The van der Waals surface area contributed by atoms with Gasteiger partial charge in [-0.25, -0.2) is 0 Å². The number of hydrogen-bond acceptors (Lipinski definition) is 4. The number of rotatable bonds is 7. The van der Waals surface area contributed by atoms with Gasteiger partial charge in [-0.15, -0.1) is 11.3 Å². The summed E-state index contributed by atoms with van der Waals surface area (Å²) < 4.78 is 6.94. The highest BCUT2D eigenvalue weighted by molar-refractivity contribution is 7.53. The van der Waals surface area contributed by atoms with Gasteiger partial charge in [0.2, 0.25) is 5.91 Å². The predicted molar refractivity (Wildman–Crippen MR) is 122 cm³/mol. The number of nitrogens with two attached hydrogens (primary N) is 1. The molecule has 0 saturated heterocycles. The molecule has 0 aliphatic carbocycles. The quantitative estimate of drug-likeness (QED) is 0.354. The fourth-order valence-corrected chi connectivity index (χ4v) is 5.78. The van der Waals surface area contributed by atoms with Crippen molar-refractivity contribution in [3.63, 3.8) is 0 Å². The lowest BCUT2D eigenvalue weighted by atomic mass is 10.1. The minimum atomic E-state index is -1.00. The fourth-order valence-electron chi connectivity index (χ4n) is 2.97. The van der Waals surface area contributed by atoms with Gasteiger partial charge in [-0.1, -0.05) is 29.8 Å². The van der Waals surface area contributed by atoms with Gasteiger partial charge in [0.05, 0.1) is 0 Å². The number of amides is 1. The highest BCUT2D eigenvalue weighted by Crippen LogP contribution is 2.52. The molecule has 1 heterocycles. The Kier molecular flexibility index (Phi) is 7.08. The summed E-state index contributed by atoms with van der Waals surface area (Å²) in [6.07, 6.45) is 3.43. The van der Waals surface area contributed by atoms with Crippen LogP contribution in [0.2, 0.25) is 5.02 Å². The van der Waals surface area contributed by atoms with Crippen LogP contribution in [0.1, 0.15) is 23.7 Å². The van der Waals surface area contributed by atoms with Crippen LogP contribution in [-0.2, 0) is 9.32 Å². The van der Waals surface area contributed by atoms with Gasteiger partial charge in [-0.2, -0.15) is 0 Å². The standard InChI is InChI=1S/C21H22ClN2O2PS/c1-3-26-27(2)20(17-13-28-19-9-8-15(22)12-16(17)19)21(25)24-11-10-14-6-4-5-7-18(14)23/h4-13,20H,3,23H2,1-2H3,(H,24,25)/b11-10+. The zero-order chi connectivity index (χ0) is 20.1. The van der Waals surface area contributed by atoms with E-state index >= 15 is 0 Å². The zero-order valence-electron chi connectivity index (χ0n) is 15.7. The molecule has 0 spiro atoms. The average molecular weight is 433 g/mol. The van der Waals surface area contributed by atoms with Crippen LogP contribution in [-0.4, -0.2) is 19.2 Å². The molecule has 2 atom stereocenters. The van der Waals surface area contributed by atoms with Gasteiger partial charge in [0.25, 0.3) is 0 Å². The molecule has 146 valence electrons. The molecule has 0 radical (unpaired) electrons. The van der Waals surface area contributed by atoms with Crippen LogP contribution in [0.15, 0.2) is 54.0 Å². The number of nitrogens with one attached hydrogen (secondary N) is 1. The van der Waals surface area contributed by atoms with E-state index in [2.05, 4.69) is 5.32 Å². The third-order valence-electron chi connectivity index (χ3n) is 4.29. The first-order valence-electron chi connectivity index (χ1n) is 8.85. The predicted octanol–water partition coefficient (Wildman–Crippen LogP) is 6.03. The van der Waals surface area contributed by atoms with Crippen molar-refractivity contribution < 1.29 is 9.32 Å².